The number of carbonyl (C=O) groups is 1. The molecule has 0 amide bonds. The average Bonchev–Trinajstić information content (AvgIpc) is 3.06. The molecule has 5 heteroatoms. The number of carboxylic acids is 1. The van der Waals surface area contributed by atoms with Crippen molar-refractivity contribution in [2.45, 2.75) is 29.4 Å². The van der Waals surface area contributed by atoms with Crippen LogP contribution in [-0.4, -0.2) is 24.2 Å². The van der Waals surface area contributed by atoms with E-state index in [4.69, 9.17) is 0 Å². The Labute approximate surface area is 100 Å². The number of hydrogen-bond donors (Lipinski definition) is 1. The van der Waals surface area contributed by atoms with Gasteiger partial charge in [0.15, 0.2) is 14.6 Å². The van der Waals surface area contributed by atoms with Gasteiger partial charge < -0.3 is 5.11 Å². The standard InChI is InChI=1S/C12H14O4S/c1-2-9-8-12(9,11(13)14)17(15,16)10-6-4-3-5-7-10/h3-7,9H,2,8H2,1H3,(H,13,14). The molecule has 1 fully saturated rings. The molecule has 0 aromatic heterocycles. The van der Waals surface area contributed by atoms with E-state index in [1.807, 2.05) is 6.92 Å². The molecule has 1 aromatic carbocycles. The van der Waals surface area contributed by atoms with Gasteiger partial charge in [-0.3, -0.25) is 4.79 Å². The zero-order valence-corrected chi connectivity index (χ0v) is 10.3. The molecule has 92 valence electrons. The van der Waals surface area contributed by atoms with Crippen molar-refractivity contribution >= 4 is 15.8 Å². The molecule has 1 aromatic rings. The topological polar surface area (TPSA) is 71.4 Å². The Morgan fingerprint density at radius 2 is 2.00 bits per heavy atom. The highest BCUT2D eigenvalue weighted by Gasteiger charge is 2.68. The second kappa shape index (κ2) is 3.84. The number of rotatable bonds is 4. The van der Waals surface area contributed by atoms with Gasteiger partial charge in [0.25, 0.3) is 0 Å². The van der Waals surface area contributed by atoms with E-state index < -0.39 is 20.6 Å². The molecule has 1 saturated carbocycles. The molecule has 0 radical (unpaired) electrons. The van der Waals surface area contributed by atoms with Crippen LogP contribution < -0.4 is 0 Å². The van der Waals surface area contributed by atoms with Crippen molar-refractivity contribution in [3.05, 3.63) is 30.3 Å². The van der Waals surface area contributed by atoms with E-state index in [1.165, 1.54) is 12.1 Å². The maximum Gasteiger partial charge on any atom is 0.325 e. The first kappa shape index (κ1) is 12.1. The Morgan fingerprint density at radius 1 is 1.41 bits per heavy atom. The van der Waals surface area contributed by atoms with Crippen LogP contribution in [0.4, 0.5) is 0 Å². The lowest BCUT2D eigenvalue weighted by Gasteiger charge is -2.13. The quantitative estimate of drug-likeness (QED) is 0.888. The van der Waals surface area contributed by atoms with Crippen molar-refractivity contribution in [3.63, 3.8) is 0 Å². The molecular formula is C12H14O4S. The lowest BCUT2D eigenvalue weighted by molar-refractivity contribution is -0.137. The van der Waals surface area contributed by atoms with Crippen LogP contribution in [0.1, 0.15) is 19.8 Å². The molecule has 0 heterocycles. The molecule has 0 saturated heterocycles. The molecule has 2 rings (SSSR count). The van der Waals surface area contributed by atoms with Crippen LogP contribution >= 0.6 is 0 Å². The normalized spacial score (nSPS) is 27.7. The zero-order valence-electron chi connectivity index (χ0n) is 9.46. The maximum atomic E-state index is 12.3. The van der Waals surface area contributed by atoms with Gasteiger partial charge in [-0.25, -0.2) is 8.42 Å². The minimum atomic E-state index is -3.79. The summed E-state index contributed by atoms with van der Waals surface area (Å²) in [5.74, 6) is -1.50. The highest BCUT2D eigenvalue weighted by Crippen LogP contribution is 2.54. The Hall–Kier alpha value is -1.36. The number of benzene rings is 1. The van der Waals surface area contributed by atoms with Gasteiger partial charge in [0.05, 0.1) is 4.90 Å². The predicted octanol–water partition coefficient (Wildman–Crippen LogP) is 1.71. The SMILES string of the molecule is CCC1CC1(C(=O)O)S(=O)(=O)c1ccccc1. The monoisotopic (exact) mass is 254 g/mol. The van der Waals surface area contributed by atoms with E-state index >= 15 is 0 Å². The van der Waals surface area contributed by atoms with E-state index in [0.717, 1.165) is 0 Å². The molecule has 1 N–H and O–H groups in total. The average molecular weight is 254 g/mol. The number of aliphatic carboxylic acids is 1. The Morgan fingerprint density at radius 3 is 2.41 bits per heavy atom. The minimum absolute atomic E-state index is 0.0957. The summed E-state index contributed by atoms with van der Waals surface area (Å²) in [6.07, 6.45) is 0.786. The van der Waals surface area contributed by atoms with Gasteiger partial charge in [0, 0.05) is 0 Å². The van der Waals surface area contributed by atoms with Gasteiger partial charge in [0.1, 0.15) is 0 Å². The second-order valence-electron chi connectivity index (χ2n) is 4.32. The van der Waals surface area contributed by atoms with Gasteiger partial charge in [-0.05, 0) is 24.5 Å². The third-order valence-corrected chi connectivity index (χ3v) is 5.96. The summed E-state index contributed by atoms with van der Waals surface area (Å²) in [5, 5.41) is 9.22. The summed E-state index contributed by atoms with van der Waals surface area (Å²) < 4.78 is 23.1. The van der Waals surface area contributed by atoms with Gasteiger partial charge in [0.2, 0.25) is 0 Å². The van der Waals surface area contributed by atoms with Gasteiger partial charge in [-0.15, -0.1) is 0 Å². The number of hydrogen-bond acceptors (Lipinski definition) is 3. The molecule has 0 aliphatic heterocycles. The van der Waals surface area contributed by atoms with E-state index in [0.29, 0.717) is 6.42 Å². The predicted molar refractivity (Wildman–Crippen MR) is 62.4 cm³/mol. The molecule has 2 unspecified atom stereocenters. The van der Waals surface area contributed by atoms with Crippen molar-refractivity contribution in [2.75, 3.05) is 0 Å². The summed E-state index contributed by atoms with van der Waals surface area (Å²) in [6.45, 7) is 1.82. The minimum Gasteiger partial charge on any atom is -0.480 e. The maximum absolute atomic E-state index is 12.3. The summed E-state index contributed by atoms with van der Waals surface area (Å²) in [6, 6.07) is 7.81. The summed E-state index contributed by atoms with van der Waals surface area (Å²) >= 11 is 0. The van der Waals surface area contributed by atoms with Crippen molar-refractivity contribution in [2.24, 2.45) is 5.92 Å². The fourth-order valence-corrected chi connectivity index (χ4v) is 4.49. The Kier molecular flexibility index (Phi) is 2.73. The van der Waals surface area contributed by atoms with E-state index in [9.17, 15) is 18.3 Å². The van der Waals surface area contributed by atoms with Crippen molar-refractivity contribution in [1.29, 1.82) is 0 Å². The lowest BCUT2D eigenvalue weighted by atomic mass is 10.2. The van der Waals surface area contributed by atoms with Crippen LogP contribution in [0.5, 0.6) is 0 Å². The fourth-order valence-electron chi connectivity index (χ4n) is 2.30. The van der Waals surface area contributed by atoms with E-state index in [-0.39, 0.29) is 17.2 Å². The first-order chi connectivity index (χ1) is 7.96. The first-order valence-electron chi connectivity index (χ1n) is 5.50. The molecule has 0 bridgehead atoms. The molecule has 1 aliphatic carbocycles. The smallest absolute Gasteiger partial charge is 0.325 e. The lowest BCUT2D eigenvalue weighted by Crippen LogP contribution is -2.34. The second-order valence-corrected chi connectivity index (χ2v) is 6.53. The first-order valence-corrected chi connectivity index (χ1v) is 6.98. The molecule has 2 atom stereocenters. The highest BCUT2D eigenvalue weighted by molar-refractivity contribution is 7.94. The molecule has 4 nitrogen and oxygen atoms in total. The van der Waals surface area contributed by atoms with Crippen LogP contribution in [-0.2, 0) is 14.6 Å². The fraction of sp³-hybridized carbons (Fsp3) is 0.417. The van der Waals surface area contributed by atoms with Crippen LogP contribution in [0.3, 0.4) is 0 Å². The van der Waals surface area contributed by atoms with Gasteiger partial charge in [-0.2, -0.15) is 0 Å². The summed E-state index contributed by atoms with van der Waals surface area (Å²) in [4.78, 5) is 11.4. The summed E-state index contributed by atoms with van der Waals surface area (Å²) in [5.41, 5.74) is 0. The van der Waals surface area contributed by atoms with Gasteiger partial charge in [-0.1, -0.05) is 31.5 Å². The summed E-state index contributed by atoms with van der Waals surface area (Å²) in [7, 11) is -3.79. The molecule has 0 spiro atoms. The third-order valence-electron chi connectivity index (χ3n) is 3.44. The van der Waals surface area contributed by atoms with Crippen molar-refractivity contribution in [3.8, 4) is 0 Å². The zero-order chi connectivity index (χ0) is 12.7. The van der Waals surface area contributed by atoms with Crippen molar-refractivity contribution < 1.29 is 18.3 Å². The number of carboxylic acid groups (broad SMARTS) is 1. The third kappa shape index (κ3) is 1.57. The molecular weight excluding hydrogens is 240 g/mol. The Bertz CT molecular complexity index is 535. The van der Waals surface area contributed by atoms with Crippen LogP contribution in [0.15, 0.2) is 35.2 Å². The van der Waals surface area contributed by atoms with Crippen LogP contribution in [0.25, 0.3) is 0 Å². The van der Waals surface area contributed by atoms with E-state index in [2.05, 4.69) is 0 Å². The largest absolute Gasteiger partial charge is 0.480 e. The van der Waals surface area contributed by atoms with Crippen LogP contribution in [0, 0.1) is 5.92 Å². The number of sulfone groups is 1. The molecule has 1 aliphatic rings. The highest BCUT2D eigenvalue weighted by atomic mass is 32.2. The van der Waals surface area contributed by atoms with E-state index in [1.54, 1.807) is 18.2 Å². The van der Waals surface area contributed by atoms with Crippen molar-refractivity contribution in [1.82, 2.24) is 0 Å². The van der Waals surface area contributed by atoms with Gasteiger partial charge >= 0.3 is 5.97 Å². The Balaban J connectivity index is 2.50. The van der Waals surface area contributed by atoms with Crippen LogP contribution in [0.2, 0.25) is 0 Å². The molecule has 17 heavy (non-hydrogen) atoms.